The summed E-state index contributed by atoms with van der Waals surface area (Å²) in [6.07, 6.45) is -4.36. The van der Waals surface area contributed by atoms with Gasteiger partial charge in [0.1, 0.15) is 0 Å². The number of anilines is 1. The van der Waals surface area contributed by atoms with Crippen molar-refractivity contribution in [2.75, 3.05) is 11.9 Å². The molecule has 0 radical (unpaired) electrons. The fourth-order valence-corrected chi connectivity index (χ4v) is 2.20. The van der Waals surface area contributed by atoms with E-state index in [4.69, 9.17) is 5.73 Å². The lowest BCUT2D eigenvalue weighted by molar-refractivity contribution is -0.137. The fraction of sp³-hybridized carbons (Fsp3) is 0.278. The van der Waals surface area contributed by atoms with E-state index in [1.54, 1.807) is 6.07 Å². The Kier molecular flexibility index (Phi) is 7.28. The summed E-state index contributed by atoms with van der Waals surface area (Å²) in [6.45, 7) is 3.93. The van der Waals surface area contributed by atoms with E-state index in [9.17, 15) is 13.2 Å². The monoisotopic (exact) mass is 463 g/mol. The Bertz CT molecular complexity index is 713. The first kappa shape index (κ1) is 21.3. The molecule has 2 rings (SSSR count). The largest absolute Gasteiger partial charge is 0.416 e. The molecule has 0 fully saturated rings. The van der Waals surface area contributed by atoms with Crippen molar-refractivity contribution in [3.63, 3.8) is 0 Å². The van der Waals surface area contributed by atoms with Crippen LogP contribution in [0.3, 0.4) is 0 Å². The maximum Gasteiger partial charge on any atom is 0.416 e. The van der Waals surface area contributed by atoms with Gasteiger partial charge in [-0.3, -0.25) is 4.99 Å². The van der Waals surface area contributed by atoms with Gasteiger partial charge in [0.2, 0.25) is 0 Å². The second-order valence-electron chi connectivity index (χ2n) is 6.15. The third kappa shape index (κ3) is 6.22. The number of aliphatic imine (C=N–C) groups is 1. The third-order valence-corrected chi connectivity index (χ3v) is 3.66. The molecule has 0 atom stereocenters. The van der Waals surface area contributed by atoms with Gasteiger partial charge in [0.25, 0.3) is 0 Å². The maximum atomic E-state index is 12.9. The van der Waals surface area contributed by atoms with Crippen molar-refractivity contribution in [2.24, 2.45) is 10.7 Å². The van der Waals surface area contributed by atoms with Crippen LogP contribution in [0.1, 0.15) is 25.0 Å². The average Bonchev–Trinajstić information content (AvgIpc) is 2.53. The van der Waals surface area contributed by atoms with Crippen LogP contribution in [0.25, 0.3) is 0 Å². The molecule has 25 heavy (non-hydrogen) atoms. The number of hydrogen-bond donors (Lipinski definition) is 2. The van der Waals surface area contributed by atoms with Gasteiger partial charge in [-0.2, -0.15) is 13.2 Å². The number of hydrogen-bond acceptors (Lipinski definition) is 1. The molecule has 0 bridgehead atoms. The van der Waals surface area contributed by atoms with E-state index < -0.39 is 17.2 Å². The summed E-state index contributed by atoms with van der Waals surface area (Å²) in [5.41, 5.74) is 5.98. The van der Waals surface area contributed by atoms with Crippen LogP contribution in [-0.2, 0) is 11.6 Å². The lowest BCUT2D eigenvalue weighted by Crippen LogP contribution is -2.28. The van der Waals surface area contributed by atoms with Crippen molar-refractivity contribution in [3.8, 4) is 0 Å². The van der Waals surface area contributed by atoms with Gasteiger partial charge in [0.05, 0.1) is 12.1 Å². The van der Waals surface area contributed by atoms with Crippen molar-refractivity contribution < 1.29 is 13.2 Å². The minimum absolute atomic E-state index is 0. The molecular formula is C18H21F3IN3. The van der Waals surface area contributed by atoms with Gasteiger partial charge >= 0.3 is 6.18 Å². The molecule has 0 saturated carbocycles. The molecule has 2 aromatic carbocycles. The van der Waals surface area contributed by atoms with Crippen LogP contribution < -0.4 is 11.1 Å². The molecule has 3 N–H and O–H groups in total. The molecular weight excluding hydrogens is 442 g/mol. The first-order valence-electron chi connectivity index (χ1n) is 7.48. The van der Waals surface area contributed by atoms with Gasteiger partial charge in [0.15, 0.2) is 5.96 Å². The number of nitrogens with two attached hydrogens (primary N) is 1. The SMILES string of the molecule is CC(C)(CN=C(N)Nc1ccccc1)c1cccc(C(F)(F)F)c1.I. The Balaban J connectivity index is 0.00000312. The van der Waals surface area contributed by atoms with Gasteiger partial charge in [-0.05, 0) is 23.8 Å². The second kappa shape index (κ2) is 8.55. The topological polar surface area (TPSA) is 50.4 Å². The molecule has 0 aliphatic heterocycles. The fourth-order valence-electron chi connectivity index (χ4n) is 2.20. The van der Waals surface area contributed by atoms with Crippen LogP contribution >= 0.6 is 24.0 Å². The zero-order chi connectivity index (χ0) is 17.8. The molecule has 3 nitrogen and oxygen atoms in total. The lowest BCUT2D eigenvalue weighted by atomic mass is 9.84. The molecule has 2 aromatic rings. The number of guanidine groups is 1. The van der Waals surface area contributed by atoms with Crippen molar-refractivity contribution in [3.05, 3.63) is 65.7 Å². The van der Waals surface area contributed by atoms with Gasteiger partial charge in [0, 0.05) is 11.1 Å². The van der Waals surface area contributed by atoms with Crippen LogP contribution in [0.2, 0.25) is 0 Å². The Morgan fingerprint density at radius 3 is 2.20 bits per heavy atom. The number of nitrogens with one attached hydrogen (secondary N) is 1. The highest BCUT2D eigenvalue weighted by atomic mass is 127. The lowest BCUT2D eigenvalue weighted by Gasteiger charge is -2.24. The zero-order valence-electron chi connectivity index (χ0n) is 14.0. The van der Waals surface area contributed by atoms with E-state index in [0.717, 1.165) is 17.8 Å². The molecule has 0 spiro atoms. The summed E-state index contributed by atoms with van der Waals surface area (Å²) in [4.78, 5) is 4.26. The number of alkyl halides is 3. The number of nitrogens with zero attached hydrogens (tertiary/aromatic N) is 1. The van der Waals surface area contributed by atoms with Crippen LogP contribution in [0.4, 0.5) is 18.9 Å². The first-order valence-corrected chi connectivity index (χ1v) is 7.48. The highest BCUT2D eigenvalue weighted by Crippen LogP contribution is 2.32. The second-order valence-corrected chi connectivity index (χ2v) is 6.15. The Labute approximate surface area is 162 Å². The quantitative estimate of drug-likeness (QED) is 0.380. The number of rotatable bonds is 4. The highest BCUT2D eigenvalue weighted by molar-refractivity contribution is 14.0. The first-order chi connectivity index (χ1) is 11.2. The van der Waals surface area contributed by atoms with E-state index >= 15 is 0 Å². The van der Waals surface area contributed by atoms with Crippen LogP contribution in [0.15, 0.2) is 59.6 Å². The van der Waals surface area contributed by atoms with Crippen LogP contribution in [-0.4, -0.2) is 12.5 Å². The normalized spacial score (nSPS) is 12.4. The summed E-state index contributed by atoms with van der Waals surface area (Å²) >= 11 is 0. The van der Waals surface area contributed by atoms with E-state index in [0.29, 0.717) is 5.56 Å². The molecule has 7 heteroatoms. The number of para-hydroxylation sites is 1. The standard InChI is InChI=1S/C18H20F3N3.HI/c1-17(2,13-7-6-8-14(11-13)18(19,20)21)12-23-16(22)24-15-9-4-3-5-10-15;/h3-11H,12H2,1-2H3,(H3,22,23,24);1H. The predicted octanol–water partition coefficient (Wildman–Crippen LogP) is 5.03. The Hall–Kier alpha value is -1.77. The van der Waals surface area contributed by atoms with Crippen LogP contribution in [0, 0.1) is 0 Å². The van der Waals surface area contributed by atoms with Gasteiger partial charge in [-0.15, -0.1) is 24.0 Å². The summed E-state index contributed by atoms with van der Waals surface area (Å²) in [6, 6.07) is 14.6. The summed E-state index contributed by atoms with van der Waals surface area (Å²) in [7, 11) is 0. The van der Waals surface area contributed by atoms with E-state index in [1.807, 2.05) is 44.2 Å². The number of benzene rings is 2. The van der Waals surface area contributed by atoms with Crippen molar-refractivity contribution in [2.45, 2.75) is 25.4 Å². The van der Waals surface area contributed by atoms with Crippen LogP contribution in [0.5, 0.6) is 0 Å². The maximum absolute atomic E-state index is 12.9. The number of halogens is 4. The minimum atomic E-state index is -4.36. The summed E-state index contributed by atoms with van der Waals surface area (Å²) in [5, 5.41) is 2.95. The highest BCUT2D eigenvalue weighted by Gasteiger charge is 2.32. The van der Waals surface area contributed by atoms with E-state index in [1.165, 1.54) is 6.07 Å². The molecule has 0 heterocycles. The molecule has 0 aromatic heterocycles. The van der Waals surface area contributed by atoms with Crippen molar-refractivity contribution >= 4 is 35.6 Å². The average molecular weight is 463 g/mol. The molecule has 0 amide bonds. The molecule has 0 aliphatic carbocycles. The summed E-state index contributed by atoms with van der Waals surface area (Å²) in [5.74, 6) is 0.223. The van der Waals surface area contributed by atoms with Crippen molar-refractivity contribution in [1.82, 2.24) is 0 Å². The smallest absolute Gasteiger partial charge is 0.370 e. The summed E-state index contributed by atoms with van der Waals surface area (Å²) < 4.78 is 38.6. The third-order valence-electron chi connectivity index (χ3n) is 3.66. The van der Waals surface area contributed by atoms with E-state index in [2.05, 4.69) is 10.3 Å². The molecule has 136 valence electrons. The Morgan fingerprint density at radius 1 is 1.00 bits per heavy atom. The van der Waals surface area contributed by atoms with Gasteiger partial charge in [-0.25, -0.2) is 0 Å². The molecule has 0 unspecified atom stereocenters. The van der Waals surface area contributed by atoms with Crippen molar-refractivity contribution in [1.29, 1.82) is 0 Å². The Morgan fingerprint density at radius 2 is 1.60 bits per heavy atom. The van der Waals surface area contributed by atoms with E-state index in [-0.39, 0.29) is 36.5 Å². The molecule has 0 saturated heterocycles. The van der Waals surface area contributed by atoms with Gasteiger partial charge in [-0.1, -0.05) is 50.2 Å². The predicted molar refractivity (Wildman–Crippen MR) is 106 cm³/mol. The molecule has 0 aliphatic rings. The van der Waals surface area contributed by atoms with Gasteiger partial charge < -0.3 is 11.1 Å². The minimum Gasteiger partial charge on any atom is -0.370 e. The zero-order valence-corrected chi connectivity index (χ0v) is 16.3.